The van der Waals surface area contributed by atoms with Crippen LogP contribution < -0.4 is 10.1 Å². The molecule has 0 aromatic heterocycles. The smallest absolute Gasteiger partial charge is 0.260 e. The number of amides is 1. The molecule has 0 unspecified atom stereocenters. The largest absolute Gasteiger partial charge is 0.481 e. The van der Waals surface area contributed by atoms with Crippen LogP contribution in [0.25, 0.3) is 0 Å². The van der Waals surface area contributed by atoms with Crippen LogP contribution >= 0.6 is 11.8 Å². The van der Waals surface area contributed by atoms with Crippen LogP contribution in [0.2, 0.25) is 0 Å². The van der Waals surface area contributed by atoms with Crippen molar-refractivity contribution in [1.82, 2.24) is 5.32 Å². The van der Waals surface area contributed by atoms with E-state index in [4.69, 9.17) is 9.47 Å². The minimum Gasteiger partial charge on any atom is -0.481 e. The van der Waals surface area contributed by atoms with Gasteiger partial charge in [-0.1, -0.05) is 18.2 Å². The Morgan fingerprint density at radius 3 is 2.80 bits per heavy atom. The highest BCUT2D eigenvalue weighted by Crippen LogP contribution is 2.30. The molecule has 0 aliphatic carbocycles. The third-order valence-electron chi connectivity index (χ3n) is 3.51. The fourth-order valence-electron chi connectivity index (χ4n) is 2.11. The summed E-state index contributed by atoms with van der Waals surface area (Å²) < 4.78 is 11.2. The van der Waals surface area contributed by atoms with Crippen molar-refractivity contribution in [2.45, 2.75) is 25.0 Å². The first-order valence-corrected chi connectivity index (χ1v) is 7.93. The summed E-state index contributed by atoms with van der Waals surface area (Å²) in [5.41, 5.74) is -0.215. The molecule has 1 aliphatic heterocycles. The summed E-state index contributed by atoms with van der Waals surface area (Å²) in [6, 6.07) is 9.37. The minimum atomic E-state index is -0.514. The molecular formula is C15H21NO3S. The van der Waals surface area contributed by atoms with Gasteiger partial charge in [0.05, 0.1) is 5.60 Å². The molecule has 0 radical (unpaired) electrons. The van der Waals surface area contributed by atoms with Crippen LogP contribution in [0.5, 0.6) is 5.75 Å². The lowest BCUT2D eigenvalue weighted by atomic mass is 10.0. The molecular weight excluding hydrogens is 274 g/mol. The zero-order valence-electron chi connectivity index (χ0n) is 11.9. The average Bonchev–Trinajstić information content (AvgIpc) is 2.95. The van der Waals surface area contributed by atoms with Gasteiger partial charge >= 0.3 is 0 Å². The van der Waals surface area contributed by atoms with E-state index in [2.05, 4.69) is 5.32 Å². The first-order valence-electron chi connectivity index (χ1n) is 6.77. The molecule has 1 N–H and O–H groups in total. The van der Waals surface area contributed by atoms with E-state index in [1.54, 1.807) is 14.0 Å². The monoisotopic (exact) mass is 295 g/mol. The molecule has 2 atom stereocenters. The number of ether oxygens (including phenoxy) is 2. The Balaban J connectivity index is 1.82. The summed E-state index contributed by atoms with van der Waals surface area (Å²) in [7, 11) is 1.71. The maximum atomic E-state index is 12.1. The Morgan fingerprint density at radius 1 is 1.45 bits per heavy atom. The van der Waals surface area contributed by atoms with Crippen LogP contribution in [-0.2, 0) is 9.53 Å². The Labute approximate surface area is 124 Å². The van der Waals surface area contributed by atoms with E-state index in [0.29, 0.717) is 12.3 Å². The number of benzene rings is 1. The first kappa shape index (κ1) is 15.2. The molecule has 5 heteroatoms. The molecule has 110 valence electrons. The summed E-state index contributed by atoms with van der Waals surface area (Å²) >= 11 is 1.86. The van der Waals surface area contributed by atoms with Crippen molar-refractivity contribution in [3.63, 3.8) is 0 Å². The van der Waals surface area contributed by atoms with Gasteiger partial charge in [0.2, 0.25) is 0 Å². The van der Waals surface area contributed by atoms with Crippen LogP contribution in [-0.4, -0.2) is 42.8 Å². The van der Waals surface area contributed by atoms with Gasteiger partial charge < -0.3 is 14.8 Å². The third kappa shape index (κ3) is 3.90. The third-order valence-corrected chi connectivity index (χ3v) is 4.73. The molecule has 4 nitrogen and oxygen atoms in total. The predicted molar refractivity (Wildman–Crippen MR) is 81.2 cm³/mol. The number of hydrogen-bond donors (Lipinski definition) is 1. The van der Waals surface area contributed by atoms with Crippen LogP contribution in [0.4, 0.5) is 0 Å². The van der Waals surface area contributed by atoms with Gasteiger partial charge in [-0.2, -0.15) is 11.8 Å². The highest BCUT2D eigenvalue weighted by Gasteiger charge is 2.35. The average molecular weight is 295 g/mol. The molecule has 1 aromatic carbocycles. The van der Waals surface area contributed by atoms with E-state index in [0.717, 1.165) is 17.9 Å². The number of thioether (sulfide) groups is 1. The minimum absolute atomic E-state index is 0.109. The highest BCUT2D eigenvalue weighted by molar-refractivity contribution is 7.99. The first-order chi connectivity index (χ1) is 9.65. The van der Waals surface area contributed by atoms with E-state index >= 15 is 0 Å². The van der Waals surface area contributed by atoms with E-state index in [1.165, 1.54) is 0 Å². The number of hydrogen-bond acceptors (Lipinski definition) is 4. The highest BCUT2D eigenvalue weighted by atomic mass is 32.2. The van der Waals surface area contributed by atoms with Crippen molar-refractivity contribution in [3.8, 4) is 5.75 Å². The molecule has 1 heterocycles. The second-order valence-corrected chi connectivity index (χ2v) is 6.09. The number of nitrogens with one attached hydrogen (secondary N) is 1. The number of rotatable bonds is 6. The van der Waals surface area contributed by atoms with Crippen molar-refractivity contribution in [1.29, 1.82) is 0 Å². The molecule has 20 heavy (non-hydrogen) atoms. The lowest BCUT2D eigenvalue weighted by Gasteiger charge is -2.27. The molecule has 1 aromatic rings. The summed E-state index contributed by atoms with van der Waals surface area (Å²) in [5.74, 6) is 2.60. The van der Waals surface area contributed by atoms with Crippen LogP contribution in [0, 0.1) is 0 Å². The Hall–Kier alpha value is -1.20. The van der Waals surface area contributed by atoms with Gasteiger partial charge in [0.25, 0.3) is 5.91 Å². The number of carbonyl (C=O) groups is 1. The van der Waals surface area contributed by atoms with Crippen LogP contribution in [0.15, 0.2) is 30.3 Å². The summed E-state index contributed by atoms with van der Waals surface area (Å²) in [5, 5.41) is 2.93. The summed E-state index contributed by atoms with van der Waals surface area (Å²) in [6.07, 6.45) is 0.461. The SMILES string of the molecule is CO[C@@]1(CNC(=O)[C@H](C)Oc2ccccc2)CCSC1. The second kappa shape index (κ2) is 6.99. The maximum absolute atomic E-state index is 12.1. The standard InChI is InChI=1S/C15H21NO3S/c1-12(19-13-6-4-3-5-7-13)14(17)16-10-15(18-2)8-9-20-11-15/h3-7,12H,8-11H2,1-2H3,(H,16,17)/t12-,15+/m0/s1. The Kier molecular flexibility index (Phi) is 5.31. The lowest BCUT2D eigenvalue weighted by molar-refractivity contribution is -0.128. The van der Waals surface area contributed by atoms with Gasteiger partial charge in [-0.3, -0.25) is 4.79 Å². The number of methoxy groups -OCH3 is 1. The van der Waals surface area contributed by atoms with Crippen molar-refractivity contribution >= 4 is 17.7 Å². The summed E-state index contributed by atoms with van der Waals surface area (Å²) in [6.45, 7) is 2.29. The predicted octanol–water partition coefficient (Wildman–Crippen LogP) is 2.09. The van der Waals surface area contributed by atoms with E-state index in [1.807, 2.05) is 42.1 Å². The van der Waals surface area contributed by atoms with Crippen molar-refractivity contribution in [3.05, 3.63) is 30.3 Å². The van der Waals surface area contributed by atoms with E-state index in [-0.39, 0.29) is 11.5 Å². The normalized spacial score (nSPS) is 23.3. The van der Waals surface area contributed by atoms with Gasteiger partial charge in [-0.25, -0.2) is 0 Å². The number of para-hydroxylation sites is 1. The van der Waals surface area contributed by atoms with Crippen LogP contribution in [0.1, 0.15) is 13.3 Å². The van der Waals surface area contributed by atoms with E-state index in [9.17, 15) is 4.79 Å². The quantitative estimate of drug-likeness (QED) is 0.873. The fourth-order valence-corrected chi connectivity index (χ4v) is 3.51. The Bertz CT molecular complexity index is 432. The molecule has 0 spiro atoms. The van der Waals surface area contributed by atoms with Crippen molar-refractivity contribution < 1.29 is 14.3 Å². The van der Waals surface area contributed by atoms with Gasteiger partial charge in [0, 0.05) is 19.4 Å². The van der Waals surface area contributed by atoms with Crippen molar-refractivity contribution in [2.24, 2.45) is 0 Å². The molecule has 2 rings (SSSR count). The Morgan fingerprint density at radius 2 is 2.20 bits per heavy atom. The van der Waals surface area contributed by atoms with Gasteiger partial charge in [0.1, 0.15) is 5.75 Å². The molecule has 1 aliphatic rings. The van der Waals surface area contributed by atoms with Gasteiger partial charge in [-0.05, 0) is 31.2 Å². The zero-order valence-corrected chi connectivity index (χ0v) is 12.7. The molecule has 1 fully saturated rings. The van der Waals surface area contributed by atoms with Crippen LogP contribution in [0.3, 0.4) is 0 Å². The zero-order chi connectivity index (χ0) is 14.4. The van der Waals surface area contributed by atoms with Crippen molar-refractivity contribution in [2.75, 3.05) is 25.2 Å². The molecule has 0 bridgehead atoms. The lowest BCUT2D eigenvalue weighted by Crippen LogP contribution is -2.47. The topological polar surface area (TPSA) is 47.6 Å². The molecule has 1 saturated heterocycles. The fraction of sp³-hybridized carbons (Fsp3) is 0.533. The van der Waals surface area contributed by atoms with E-state index < -0.39 is 6.10 Å². The van der Waals surface area contributed by atoms with Gasteiger partial charge in [0.15, 0.2) is 6.10 Å². The van der Waals surface area contributed by atoms with Gasteiger partial charge in [-0.15, -0.1) is 0 Å². The number of carbonyl (C=O) groups excluding carboxylic acids is 1. The summed E-state index contributed by atoms with van der Waals surface area (Å²) in [4.78, 5) is 12.1. The second-order valence-electron chi connectivity index (χ2n) is 4.98. The molecule has 1 amide bonds. The molecule has 0 saturated carbocycles. The maximum Gasteiger partial charge on any atom is 0.260 e.